The molecule has 10 rings (SSSR count). The van der Waals surface area contributed by atoms with Crippen LogP contribution in [0.25, 0.3) is 0 Å². The third kappa shape index (κ3) is 5.66. The third-order valence-electron chi connectivity index (χ3n) is 19.0. The number of rotatable bonds is 4. The van der Waals surface area contributed by atoms with Crippen molar-refractivity contribution in [1.82, 2.24) is 10.2 Å². The zero-order valence-electron chi connectivity index (χ0n) is 31.3. The maximum absolute atomic E-state index is 4.73. The highest BCUT2D eigenvalue weighted by molar-refractivity contribution is 5.17. The summed E-state index contributed by atoms with van der Waals surface area (Å²) in [5.74, 6) is 12.6. The Morgan fingerprint density at radius 3 is 1.46 bits per heavy atom. The van der Waals surface area contributed by atoms with Gasteiger partial charge in [0.05, 0.1) is 0 Å². The van der Waals surface area contributed by atoms with Crippen LogP contribution in [0, 0.1) is 71.0 Å². The fourth-order valence-electron chi connectivity index (χ4n) is 17.4. The summed E-state index contributed by atoms with van der Waals surface area (Å²) in [6, 6.07) is 4.29. The standard InChI is InChI=1S/C46H76N2/c1-4-14-30(15-5-1)35-28-38(31-16-6-2-7-17-31)45(39(29-35)32-18-8-3-9-19-32)48-41-25-11-10-24-40(41)47-44-36-22-12-20-33-26-27-34-21-13-23-37(46(44)48)43(34)42(33)36/h30-47H,1-29H2. The zero-order chi connectivity index (χ0) is 31.6. The second-order valence-electron chi connectivity index (χ2n) is 20.8. The van der Waals surface area contributed by atoms with Crippen LogP contribution in [0.2, 0.25) is 0 Å². The van der Waals surface area contributed by atoms with Crippen molar-refractivity contribution in [3.8, 4) is 0 Å². The van der Waals surface area contributed by atoms with Crippen molar-refractivity contribution < 1.29 is 0 Å². The van der Waals surface area contributed by atoms with E-state index in [4.69, 9.17) is 5.32 Å². The van der Waals surface area contributed by atoms with Gasteiger partial charge in [0.1, 0.15) is 0 Å². The first-order chi connectivity index (χ1) is 23.8. The third-order valence-corrected chi connectivity index (χ3v) is 19.0. The summed E-state index contributed by atoms with van der Waals surface area (Å²) >= 11 is 0. The average molecular weight is 657 g/mol. The van der Waals surface area contributed by atoms with E-state index in [2.05, 4.69) is 4.90 Å². The highest BCUT2D eigenvalue weighted by Gasteiger charge is 2.64. The van der Waals surface area contributed by atoms with Gasteiger partial charge in [-0.2, -0.15) is 0 Å². The largest absolute Gasteiger partial charge is 0.308 e. The van der Waals surface area contributed by atoms with Crippen LogP contribution in [0.5, 0.6) is 0 Å². The Hall–Kier alpha value is -0.0800. The second kappa shape index (κ2) is 14.0. The Labute approximate surface area is 296 Å². The molecule has 0 amide bonds. The maximum Gasteiger partial charge on any atom is 0.0290 e. The lowest BCUT2D eigenvalue weighted by atomic mass is 9.45. The molecule has 2 heteroatoms. The average Bonchev–Trinajstić information content (AvgIpc) is 3.17. The first kappa shape index (κ1) is 32.6. The van der Waals surface area contributed by atoms with Gasteiger partial charge in [0, 0.05) is 30.2 Å². The Morgan fingerprint density at radius 2 is 0.833 bits per heavy atom. The minimum absolute atomic E-state index is 0.801. The van der Waals surface area contributed by atoms with E-state index < -0.39 is 0 Å². The fraction of sp³-hybridized carbons (Fsp3) is 1.00. The predicted molar refractivity (Wildman–Crippen MR) is 200 cm³/mol. The van der Waals surface area contributed by atoms with E-state index in [-0.39, 0.29) is 0 Å². The number of nitrogens with zero attached hydrogens (tertiary/aromatic N) is 1. The summed E-state index contributed by atoms with van der Waals surface area (Å²) in [6.45, 7) is 0. The zero-order valence-corrected chi connectivity index (χ0v) is 31.3. The van der Waals surface area contributed by atoms with E-state index in [1.54, 1.807) is 141 Å². The summed E-state index contributed by atoms with van der Waals surface area (Å²) in [5.41, 5.74) is 0. The van der Waals surface area contributed by atoms with E-state index in [0.717, 1.165) is 101 Å². The molecule has 0 aromatic carbocycles. The van der Waals surface area contributed by atoms with Crippen LogP contribution in [-0.4, -0.2) is 35.1 Å². The highest BCUT2D eigenvalue weighted by atomic mass is 15.3. The van der Waals surface area contributed by atoms with Crippen molar-refractivity contribution >= 4 is 0 Å². The van der Waals surface area contributed by atoms with Gasteiger partial charge in [0.15, 0.2) is 0 Å². The molecule has 1 aliphatic heterocycles. The molecule has 0 bridgehead atoms. The molecule has 0 aromatic heterocycles. The molecule has 12 unspecified atom stereocenters. The maximum atomic E-state index is 4.73. The van der Waals surface area contributed by atoms with Gasteiger partial charge < -0.3 is 5.32 Å². The minimum atomic E-state index is 0.801. The smallest absolute Gasteiger partial charge is 0.0290 e. The van der Waals surface area contributed by atoms with Crippen molar-refractivity contribution in [1.29, 1.82) is 0 Å². The summed E-state index contributed by atoms with van der Waals surface area (Å²) < 4.78 is 0. The monoisotopic (exact) mass is 657 g/mol. The van der Waals surface area contributed by atoms with E-state index in [9.17, 15) is 0 Å². The van der Waals surface area contributed by atoms with Gasteiger partial charge in [0.25, 0.3) is 0 Å². The molecule has 270 valence electrons. The Balaban J connectivity index is 1.09. The van der Waals surface area contributed by atoms with E-state index in [1.807, 2.05) is 0 Å². The number of hydrogen-bond donors (Lipinski definition) is 1. The number of nitrogens with one attached hydrogen (secondary N) is 1. The normalized spacial score (nSPS) is 51.0. The van der Waals surface area contributed by atoms with Crippen LogP contribution in [0.3, 0.4) is 0 Å². The first-order valence-electron chi connectivity index (χ1n) is 23.4. The van der Waals surface area contributed by atoms with Crippen LogP contribution in [0.4, 0.5) is 0 Å². The quantitative estimate of drug-likeness (QED) is 0.324. The van der Waals surface area contributed by atoms with Gasteiger partial charge in [-0.1, -0.05) is 135 Å². The Bertz CT molecular complexity index is 1040. The van der Waals surface area contributed by atoms with Gasteiger partial charge in [-0.05, 0) is 122 Å². The molecule has 48 heavy (non-hydrogen) atoms. The molecule has 0 spiro atoms. The molecule has 0 aromatic rings. The van der Waals surface area contributed by atoms with Crippen molar-refractivity contribution in [3.05, 3.63) is 0 Å². The predicted octanol–water partition coefficient (Wildman–Crippen LogP) is 11.6. The molecule has 1 saturated heterocycles. The van der Waals surface area contributed by atoms with Crippen molar-refractivity contribution in [2.24, 2.45) is 71.0 Å². The minimum Gasteiger partial charge on any atom is -0.308 e. The lowest BCUT2D eigenvalue weighted by molar-refractivity contribution is -0.190. The van der Waals surface area contributed by atoms with Crippen molar-refractivity contribution in [2.75, 3.05) is 0 Å². The molecule has 2 nitrogen and oxygen atoms in total. The Kier molecular flexibility index (Phi) is 9.53. The van der Waals surface area contributed by atoms with Crippen LogP contribution in [-0.2, 0) is 0 Å². The van der Waals surface area contributed by atoms with Crippen LogP contribution >= 0.6 is 0 Å². The lowest BCUT2D eigenvalue weighted by Crippen LogP contribution is -2.79. The summed E-state index contributed by atoms with van der Waals surface area (Å²) in [6.07, 6.45) is 45.4. The fourth-order valence-corrected chi connectivity index (χ4v) is 17.4. The lowest BCUT2D eigenvalue weighted by Gasteiger charge is -2.70. The van der Waals surface area contributed by atoms with Gasteiger partial charge >= 0.3 is 0 Å². The van der Waals surface area contributed by atoms with Gasteiger partial charge in [0.2, 0.25) is 0 Å². The second-order valence-corrected chi connectivity index (χ2v) is 20.8. The van der Waals surface area contributed by atoms with Crippen molar-refractivity contribution in [2.45, 2.75) is 216 Å². The molecule has 10 fully saturated rings. The van der Waals surface area contributed by atoms with Gasteiger partial charge in [-0.3, -0.25) is 4.90 Å². The summed E-state index contributed by atoms with van der Waals surface area (Å²) in [5, 5.41) is 4.73. The van der Waals surface area contributed by atoms with E-state index in [1.165, 1.54) is 44.9 Å². The van der Waals surface area contributed by atoms with Crippen LogP contribution in [0.15, 0.2) is 0 Å². The van der Waals surface area contributed by atoms with Crippen LogP contribution < -0.4 is 5.32 Å². The highest BCUT2D eigenvalue weighted by Crippen LogP contribution is 2.63. The number of fused-ring (bicyclic) bond motifs is 4. The van der Waals surface area contributed by atoms with Crippen LogP contribution in [0.1, 0.15) is 186 Å². The number of hydrogen-bond acceptors (Lipinski definition) is 2. The molecular weight excluding hydrogens is 581 g/mol. The van der Waals surface area contributed by atoms with Gasteiger partial charge in [-0.25, -0.2) is 0 Å². The molecule has 10 aliphatic rings. The van der Waals surface area contributed by atoms with Gasteiger partial charge in [-0.15, -0.1) is 0 Å². The molecule has 12 atom stereocenters. The van der Waals surface area contributed by atoms with Crippen molar-refractivity contribution in [3.63, 3.8) is 0 Å². The SMILES string of the molecule is C1CCC(C2CC(C3CCCCC3)C(N3C4CCCCC4NC4C5CCCC6CCC7CCCC(C7C65)C43)C(C3CCCCC3)C2)CC1. The molecule has 1 heterocycles. The number of piperazine rings is 1. The molecule has 9 saturated carbocycles. The molecular formula is C46H76N2. The molecule has 9 aliphatic carbocycles. The van der Waals surface area contributed by atoms with E-state index >= 15 is 0 Å². The Morgan fingerprint density at radius 1 is 0.333 bits per heavy atom. The topological polar surface area (TPSA) is 15.3 Å². The molecule has 0 radical (unpaired) electrons. The van der Waals surface area contributed by atoms with E-state index in [0.29, 0.717) is 0 Å². The molecule has 1 N–H and O–H groups in total. The summed E-state index contributed by atoms with van der Waals surface area (Å²) in [4.78, 5) is 3.65. The summed E-state index contributed by atoms with van der Waals surface area (Å²) in [7, 11) is 0. The first-order valence-corrected chi connectivity index (χ1v) is 23.4.